The molecule has 0 aromatic heterocycles. The Morgan fingerprint density at radius 2 is 1.77 bits per heavy atom. The van der Waals surface area contributed by atoms with E-state index in [2.05, 4.69) is 66.1 Å². The summed E-state index contributed by atoms with van der Waals surface area (Å²) >= 11 is 0. The minimum Gasteiger partial charge on any atom is -0.397 e. The van der Waals surface area contributed by atoms with Crippen molar-refractivity contribution in [3.05, 3.63) is 53.6 Å². The molecule has 3 nitrogen and oxygen atoms in total. The van der Waals surface area contributed by atoms with Gasteiger partial charge in [-0.05, 0) is 49.6 Å². The Labute approximate surface area is 133 Å². The van der Waals surface area contributed by atoms with Gasteiger partial charge in [-0.3, -0.25) is 0 Å². The van der Waals surface area contributed by atoms with Gasteiger partial charge in [-0.2, -0.15) is 0 Å². The summed E-state index contributed by atoms with van der Waals surface area (Å²) in [6, 6.07) is 15.2. The van der Waals surface area contributed by atoms with Gasteiger partial charge in [-0.15, -0.1) is 0 Å². The van der Waals surface area contributed by atoms with Crippen LogP contribution >= 0.6 is 0 Å². The van der Waals surface area contributed by atoms with Gasteiger partial charge in [-0.25, -0.2) is 0 Å². The number of nitrogens with zero attached hydrogens (tertiary/aromatic N) is 2. The number of benzene rings is 2. The number of fused-ring (bicyclic) bond motifs is 1. The van der Waals surface area contributed by atoms with Crippen LogP contribution in [0.1, 0.15) is 25.0 Å². The van der Waals surface area contributed by atoms with E-state index in [4.69, 9.17) is 5.73 Å². The number of hydrogen-bond acceptors (Lipinski definition) is 3. The van der Waals surface area contributed by atoms with Crippen molar-refractivity contribution < 1.29 is 0 Å². The van der Waals surface area contributed by atoms with Gasteiger partial charge >= 0.3 is 0 Å². The highest BCUT2D eigenvalue weighted by atomic mass is 15.1. The molecule has 0 aliphatic carbocycles. The van der Waals surface area contributed by atoms with Crippen LogP contribution < -0.4 is 15.5 Å². The lowest BCUT2D eigenvalue weighted by Gasteiger charge is -2.32. The standard InChI is InChI=1S/C19H25N3/c1-3-21(4-2)17-9-10-19(18(20)13-17)22-12-11-15-7-5-6-8-16(15)14-22/h5-10,13H,3-4,11-12,14,20H2,1-2H3. The van der Waals surface area contributed by atoms with E-state index in [1.807, 2.05) is 0 Å². The fourth-order valence-corrected chi connectivity index (χ4v) is 3.32. The second-order valence-corrected chi connectivity index (χ2v) is 5.86. The first kappa shape index (κ1) is 14.8. The first-order valence-corrected chi connectivity index (χ1v) is 8.19. The van der Waals surface area contributed by atoms with Crippen LogP contribution in [0.5, 0.6) is 0 Å². The van der Waals surface area contributed by atoms with Crippen molar-refractivity contribution in [1.82, 2.24) is 0 Å². The van der Waals surface area contributed by atoms with Crippen molar-refractivity contribution in [3.63, 3.8) is 0 Å². The summed E-state index contributed by atoms with van der Waals surface area (Å²) < 4.78 is 0. The van der Waals surface area contributed by atoms with Crippen LogP contribution in [0, 0.1) is 0 Å². The first-order chi connectivity index (χ1) is 10.7. The van der Waals surface area contributed by atoms with Gasteiger partial charge in [-0.1, -0.05) is 24.3 Å². The van der Waals surface area contributed by atoms with E-state index in [0.717, 1.165) is 44.0 Å². The van der Waals surface area contributed by atoms with Gasteiger partial charge in [0.25, 0.3) is 0 Å². The molecular weight excluding hydrogens is 270 g/mol. The maximum atomic E-state index is 6.35. The van der Waals surface area contributed by atoms with E-state index >= 15 is 0 Å². The maximum absolute atomic E-state index is 6.35. The van der Waals surface area contributed by atoms with Crippen molar-refractivity contribution in [2.75, 3.05) is 35.2 Å². The second kappa shape index (κ2) is 6.30. The fourth-order valence-electron chi connectivity index (χ4n) is 3.32. The zero-order valence-corrected chi connectivity index (χ0v) is 13.5. The molecule has 1 heterocycles. The third kappa shape index (κ3) is 2.76. The van der Waals surface area contributed by atoms with E-state index in [9.17, 15) is 0 Å². The van der Waals surface area contributed by atoms with Gasteiger partial charge < -0.3 is 15.5 Å². The Morgan fingerprint density at radius 3 is 2.45 bits per heavy atom. The molecule has 0 radical (unpaired) electrons. The Bertz CT molecular complexity index is 647. The molecule has 2 aromatic carbocycles. The van der Waals surface area contributed by atoms with Crippen LogP contribution in [0.2, 0.25) is 0 Å². The minimum absolute atomic E-state index is 0.879. The Balaban J connectivity index is 1.84. The largest absolute Gasteiger partial charge is 0.397 e. The topological polar surface area (TPSA) is 32.5 Å². The fraction of sp³-hybridized carbons (Fsp3) is 0.368. The zero-order chi connectivity index (χ0) is 15.5. The summed E-state index contributed by atoms with van der Waals surface area (Å²) in [4.78, 5) is 4.72. The summed E-state index contributed by atoms with van der Waals surface area (Å²) in [5.41, 5.74) is 12.5. The highest BCUT2D eigenvalue weighted by molar-refractivity contribution is 5.73. The molecule has 0 saturated carbocycles. The average molecular weight is 295 g/mol. The van der Waals surface area contributed by atoms with E-state index < -0.39 is 0 Å². The van der Waals surface area contributed by atoms with E-state index in [1.165, 1.54) is 16.8 Å². The van der Waals surface area contributed by atoms with Crippen LogP contribution in [0.3, 0.4) is 0 Å². The van der Waals surface area contributed by atoms with Gasteiger partial charge in [0.05, 0.1) is 11.4 Å². The lowest BCUT2D eigenvalue weighted by Crippen LogP contribution is -2.31. The monoisotopic (exact) mass is 295 g/mol. The van der Waals surface area contributed by atoms with Crippen molar-refractivity contribution in [1.29, 1.82) is 0 Å². The van der Waals surface area contributed by atoms with Crippen LogP contribution in [0.15, 0.2) is 42.5 Å². The Hall–Kier alpha value is -2.16. The molecule has 0 spiro atoms. The number of rotatable bonds is 4. The SMILES string of the molecule is CCN(CC)c1ccc(N2CCc3ccccc3C2)c(N)c1. The quantitative estimate of drug-likeness (QED) is 0.873. The molecule has 3 rings (SSSR count). The van der Waals surface area contributed by atoms with Crippen LogP contribution in [-0.2, 0) is 13.0 Å². The lowest BCUT2D eigenvalue weighted by atomic mass is 9.99. The highest BCUT2D eigenvalue weighted by Gasteiger charge is 2.18. The van der Waals surface area contributed by atoms with Gasteiger partial charge in [0.2, 0.25) is 0 Å². The minimum atomic E-state index is 0.879. The molecule has 0 unspecified atom stereocenters. The molecule has 0 fully saturated rings. The van der Waals surface area contributed by atoms with Crippen LogP contribution in [-0.4, -0.2) is 19.6 Å². The third-order valence-corrected chi connectivity index (χ3v) is 4.61. The Kier molecular flexibility index (Phi) is 4.23. The number of nitrogen functional groups attached to an aromatic ring is 1. The average Bonchev–Trinajstić information content (AvgIpc) is 2.56. The van der Waals surface area contributed by atoms with E-state index in [-0.39, 0.29) is 0 Å². The molecular formula is C19H25N3. The molecule has 116 valence electrons. The maximum Gasteiger partial charge on any atom is 0.0604 e. The summed E-state index contributed by atoms with van der Waals surface area (Å²) in [5.74, 6) is 0. The van der Waals surface area contributed by atoms with Gasteiger partial charge in [0.1, 0.15) is 0 Å². The lowest BCUT2D eigenvalue weighted by molar-refractivity contribution is 0.732. The second-order valence-electron chi connectivity index (χ2n) is 5.86. The van der Waals surface area contributed by atoms with E-state index in [1.54, 1.807) is 0 Å². The molecule has 22 heavy (non-hydrogen) atoms. The van der Waals surface area contributed by atoms with E-state index in [0.29, 0.717) is 0 Å². The number of nitrogens with two attached hydrogens (primary N) is 1. The molecule has 0 atom stereocenters. The van der Waals surface area contributed by atoms with Gasteiger partial charge in [0.15, 0.2) is 0 Å². The summed E-state index contributed by atoms with van der Waals surface area (Å²) in [6.45, 7) is 8.35. The van der Waals surface area contributed by atoms with Crippen LogP contribution in [0.25, 0.3) is 0 Å². The molecule has 3 heteroatoms. The first-order valence-electron chi connectivity index (χ1n) is 8.19. The van der Waals surface area contributed by atoms with Crippen molar-refractivity contribution in [2.45, 2.75) is 26.8 Å². The molecule has 2 aromatic rings. The summed E-state index contributed by atoms with van der Waals surface area (Å²) in [7, 11) is 0. The normalized spacial score (nSPS) is 13.8. The number of anilines is 3. The van der Waals surface area contributed by atoms with Crippen molar-refractivity contribution in [3.8, 4) is 0 Å². The third-order valence-electron chi connectivity index (χ3n) is 4.61. The predicted octanol–water partition coefficient (Wildman–Crippen LogP) is 3.68. The summed E-state index contributed by atoms with van der Waals surface area (Å²) in [6.07, 6.45) is 1.09. The molecule has 1 aliphatic heterocycles. The zero-order valence-electron chi connectivity index (χ0n) is 13.5. The predicted molar refractivity (Wildman–Crippen MR) is 95.6 cm³/mol. The molecule has 2 N–H and O–H groups in total. The molecule has 0 saturated heterocycles. The van der Waals surface area contributed by atoms with Crippen molar-refractivity contribution in [2.24, 2.45) is 0 Å². The Morgan fingerprint density at radius 1 is 1.05 bits per heavy atom. The molecule has 0 bridgehead atoms. The highest BCUT2D eigenvalue weighted by Crippen LogP contribution is 2.31. The van der Waals surface area contributed by atoms with Crippen LogP contribution in [0.4, 0.5) is 17.1 Å². The van der Waals surface area contributed by atoms with Gasteiger partial charge in [0, 0.05) is 31.9 Å². The molecule has 1 aliphatic rings. The number of hydrogen-bond donors (Lipinski definition) is 1. The molecule has 0 amide bonds. The summed E-state index contributed by atoms with van der Waals surface area (Å²) in [5, 5.41) is 0. The van der Waals surface area contributed by atoms with Crippen molar-refractivity contribution >= 4 is 17.1 Å². The smallest absolute Gasteiger partial charge is 0.0604 e.